The second kappa shape index (κ2) is 11.0. The number of aromatic amines is 1. The van der Waals surface area contributed by atoms with Gasteiger partial charge in [-0.05, 0) is 69.7 Å². The number of carbonyl (C=O) groups is 1. The van der Waals surface area contributed by atoms with E-state index in [1.54, 1.807) is 43.0 Å². The summed E-state index contributed by atoms with van der Waals surface area (Å²) in [5.74, 6) is 0.123. The van der Waals surface area contributed by atoms with Gasteiger partial charge in [0.15, 0.2) is 0 Å². The van der Waals surface area contributed by atoms with E-state index in [-0.39, 0.29) is 47.0 Å². The highest BCUT2D eigenvalue weighted by Crippen LogP contribution is 2.37. The van der Waals surface area contributed by atoms with E-state index in [9.17, 15) is 22.8 Å². The van der Waals surface area contributed by atoms with Gasteiger partial charge in [0.2, 0.25) is 0 Å². The van der Waals surface area contributed by atoms with Crippen LogP contribution in [0.5, 0.6) is 0 Å². The molecule has 0 aliphatic carbocycles. The van der Waals surface area contributed by atoms with Crippen LogP contribution >= 0.6 is 0 Å². The summed E-state index contributed by atoms with van der Waals surface area (Å²) in [4.78, 5) is 32.4. The first-order valence-electron chi connectivity index (χ1n) is 13.2. The Labute approximate surface area is 233 Å². The Morgan fingerprint density at radius 2 is 1.85 bits per heavy atom. The van der Waals surface area contributed by atoms with Gasteiger partial charge in [0.1, 0.15) is 11.5 Å². The molecule has 3 atom stereocenters. The number of halogens is 3. The molecule has 5 rings (SSSR count). The van der Waals surface area contributed by atoms with Crippen molar-refractivity contribution in [3.8, 4) is 0 Å². The van der Waals surface area contributed by atoms with Gasteiger partial charge in [-0.25, -0.2) is 4.98 Å². The van der Waals surface area contributed by atoms with Crippen LogP contribution < -0.4 is 10.9 Å². The average molecular weight is 570 g/mol. The van der Waals surface area contributed by atoms with Crippen LogP contribution in [0.15, 0.2) is 47.4 Å². The van der Waals surface area contributed by atoms with Gasteiger partial charge in [0, 0.05) is 30.4 Å². The number of H-pyrrole nitrogens is 1. The molecule has 1 aliphatic rings. The molecule has 2 aromatic carbocycles. The minimum Gasteiger partial charge on any atom is -0.379 e. The second-order valence-electron chi connectivity index (χ2n) is 10.4. The summed E-state index contributed by atoms with van der Waals surface area (Å²) in [6.07, 6.45) is -3.35. The van der Waals surface area contributed by atoms with Crippen molar-refractivity contribution in [1.29, 1.82) is 0 Å². The number of carbonyl (C=O) groups excluding carboxylic acids is 1. The SMILES string of the molecule is Cc1nc2cc(C(F)(F)F)c(C(C)Nc3ccc(C(=O)N4CC(C)OC(C)C4)cc3)cc2c(=O)n1Cc1cn[nH]n1. The second-order valence-corrected chi connectivity index (χ2v) is 10.4. The molecule has 13 heteroatoms. The molecule has 1 saturated heterocycles. The predicted molar refractivity (Wildman–Crippen MR) is 146 cm³/mol. The summed E-state index contributed by atoms with van der Waals surface area (Å²) in [6, 6.07) is 7.93. The number of benzene rings is 2. The monoisotopic (exact) mass is 569 g/mol. The fraction of sp³-hybridized carbons (Fsp3) is 0.393. The van der Waals surface area contributed by atoms with Gasteiger partial charge in [-0.1, -0.05) is 0 Å². The van der Waals surface area contributed by atoms with Crippen molar-refractivity contribution in [2.75, 3.05) is 18.4 Å². The Morgan fingerprint density at radius 1 is 1.17 bits per heavy atom. The maximum atomic E-state index is 14.2. The van der Waals surface area contributed by atoms with E-state index >= 15 is 0 Å². The molecule has 0 bridgehead atoms. The molecule has 1 aliphatic heterocycles. The van der Waals surface area contributed by atoms with Crippen LogP contribution in [0.3, 0.4) is 0 Å². The third-order valence-electron chi connectivity index (χ3n) is 7.10. The number of morpholine rings is 1. The van der Waals surface area contributed by atoms with Crippen molar-refractivity contribution < 1.29 is 22.7 Å². The van der Waals surface area contributed by atoms with E-state index < -0.39 is 23.3 Å². The van der Waals surface area contributed by atoms with Crippen molar-refractivity contribution >= 4 is 22.5 Å². The minimum absolute atomic E-state index is 0.0400. The highest BCUT2D eigenvalue weighted by molar-refractivity contribution is 5.94. The molecule has 1 amide bonds. The van der Waals surface area contributed by atoms with Gasteiger partial charge in [-0.15, -0.1) is 0 Å². The van der Waals surface area contributed by atoms with E-state index in [0.717, 1.165) is 6.07 Å². The summed E-state index contributed by atoms with van der Waals surface area (Å²) in [5.41, 5.74) is -0.0194. The maximum Gasteiger partial charge on any atom is 0.416 e. The van der Waals surface area contributed by atoms with Crippen LogP contribution in [0, 0.1) is 6.92 Å². The number of alkyl halides is 3. The van der Waals surface area contributed by atoms with Gasteiger partial charge >= 0.3 is 6.18 Å². The highest BCUT2D eigenvalue weighted by atomic mass is 19.4. The Bertz CT molecular complexity index is 1610. The van der Waals surface area contributed by atoms with Crippen LogP contribution in [0.25, 0.3) is 10.9 Å². The van der Waals surface area contributed by atoms with E-state index in [4.69, 9.17) is 4.74 Å². The summed E-state index contributed by atoms with van der Waals surface area (Å²) in [7, 11) is 0. The number of fused-ring (bicyclic) bond motifs is 1. The van der Waals surface area contributed by atoms with Crippen molar-refractivity contribution in [2.24, 2.45) is 0 Å². The van der Waals surface area contributed by atoms with E-state index in [2.05, 4.69) is 25.7 Å². The summed E-state index contributed by atoms with van der Waals surface area (Å²) in [6.45, 7) is 8.00. The average Bonchev–Trinajstić information content (AvgIpc) is 3.43. The van der Waals surface area contributed by atoms with Gasteiger partial charge in [-0.2, -0.15) is 28.6 Å². The topological polar surface area (TPSA) is 118 Å². The normalized spacial score (nSPS) is 18.5. The number of hydrogen-bond donors (Lipinski definition) is 2. The Balaban J connectivity index is 1.44. The lowest BCUT2D eigenvalue weighted by Crippen LogP contribution is -2.48. The number of ether oxygens (including phenoxy) is 1. The number of nitrogens with zero attached hydrogens (tertiary/aromatic N) is 5. The number of anilines is 1. The zero-order valence-corrected chi connectivity index (χ0v) is 23.0. The van der Waals surface area contributed by atoms with Crippen molar-refractivity contribution in [3.63, 3.8) is 0 Å². The van der Waals surface area contributed by atoms with Gasteiger partial charge in [0.25, 0.3) is 11.5 Å². The van der Waals surface area contributed by atoms with Gasteiger partial charge < -0.3 is 15.0 Å². The van der Waals surface area contributed by atoms with Crippen molar-refractivity contribution in [2.45, 2.75) is 58.7 Å². The molecule has 2 N–H and O–H groups in total. The van der Waals surface area contributed by atoms with Crippen molar-refractivity contribution in [3.05, 3.63) is 81.2 Å². The molecule has 3 unspecified atom stereocenters. The number of aryl methyl sites for hydroxylation is 1. The first-order chi connectivity index (χ1) is 19.4. The van der Waals surface area contributed by atoms with E-state index in [1.165, 1.54) is 16.8 Å². The zero-order valence-electron chi connectivity index (χ0n) is 23.0. The molecular weight excluding hydrogens is 539 g/mol. The number of hydrogen-bond acceptors (Lipinski definition) is 7. The summed E-state index contributed by atoms with van der Waals surface area (Å²) < 4.78 is 49.6. The molecular formula is C28H30F3N7O3. The molecule has 4 aromatic rings. The minimum atomic E-state index is -4.67. The third kappa shape index (κ3) is 5.94. The number of nitrogens with one attached hydrogen (secondary N) is 2. The summed E-state index contributed by atoms with van der Waals surface area (Å²) in [5, 5.41) is 13.3. The Kier molecular flexibility index (Phi) is 7.56. The largest absolute Gasteiger partial charge is 0.416 e. The molecule has 10 nitrogen and oxygen atoms in total. The molecule has 2 aromatic heterocycles. The first kappa shape index (κ1) is 28.3. The fourth-order valence-corrected chi connectivity index (χ4v) is 5.21. The Morgan fingerprint density at radius 3 is 2.46 bits per heavy atom. The maximum absolute atomic E-state index is 14.2. The lowest BCUT2D eigenvalue weighted by Gasteiger charge is -2.35. The first-order valence-corrected chi connectivity index (χ1v) is 13.2. The van der Waals surface area contributed by atoms with Gasteiger partial charge in [-0.3, -0.25) is 14.2 Å². The zero-order chi connectivity index (χ0) is 29.5. The number of amides is 1. The molecule has 1 fully saturated rings. The Hall–Kier alpha value is -4.26. The third-order valence-corrected chi connectivity index (χ3v) is 7.10. The van der Waals surface area contributed by atoms with Gasteiger partial charge in [0.05, 0.1) is 41.4 Å². The fourth-order valence-electron chi connectivity index (χ4n) is 5.21. The van der Waals surface area contributed by atoms with Crippen LogP contribution in [-0.4, -0.2) is 61.1 Å². The van der Waals surface area contributed by atoms with E-state index in [1.807, 2.05) is 13.8 Å². The molecule has 0 saturated carbocycles. The standard InChI is InChI=1S/C28H30F3N7O3/c1-15-12-37(13-16(2)41-15)26(39)19-5-7-20(8-6-19)33-17(3)22-9-23-25(10-24(22)28(29,30)31)34-18(4)38(27(23)40)14-21-11-32-36-35-21/h5-11,15-17,33H,12-14H2,1-4H3,(H,32,35,36). The van der Waals surface area contributed by atoms with Crippen LogP contribution in [-0.2, 0) is 17.5 Å². The lowest BCUT2D eigenvalue weighted by atomic mass is 9.98. The van der Waals surface area contributed by atoms with Crippen molar-refractivity contribution in [1.82, 2.24) is 29.9 Å². The predicted octanol–water partition coefficient (Wildman–Crippen LogP) is 4.31. The molecule has 0 radical (unpaired) electrons. The van der Waals surface area contributed by atoms with Crippen LogP contribution in [0.4, 0.5) is 18.9 Å². The summed E-state index contributed by atoms with van der Waals surface area (Å²) >= 11 is 0. The lowest BCUT2D eigenvalue weighted by molar-refractivity contribution is -0.138. The molecule has 0 spiro atoms. The molecule has 41 heavy (non-hydrogen) atoms. The highest BCUT2D eigenvalue weighted by Gasteiger charge is 2.36. The molecule has 216 valence electrons. The smallest absolute Gasteiger partial charge is 0.379 e. The van der Waals surface area contributed by atoms with E-state index in [0.29, 0.717) is 30.0 Å². The molecule has 3 heterocycles. The van der Waals surface area contributed by atoms with Crippen LogP contribution in [0.2, 0.25) is 0 Å². The number of aromatic nitrogens is 5. The van der Waals surface area contributed by atoms with Crippen LogP contribution in [0.1, 0.15) is 59.8 Å². The number of rotatable bonds is 6. The quantitative estimate of drug-likeness (QED) is 0.355.